The van der Waals surface area contributed by atoms with Crippen molar-refractivity contribution in [1.29, 1.82) is 0 Å². The number of benzene rings is 1. The third-order valence-corrected chi connectivity index (χ3v) is 6.45. The van der Waals surface area contributed by atoms with Crippen LogP contribution in [0.2, 0.25) is 0 Å². The van der Waals surface area contributed by atoms with Crippen LogP contribution in [0.3, 0.4) is 0 Å². The molecule has 6 heteroatoms. The van der Waals surface area contributed by atoms with Gasteiger partial charge in [-0.2, -0.15) is 0 Å². The van der Waals surface area contributed by atoms with E-state index in [1.807, 2.05) is 24.3 Å². The maximum Gasteiger partial charge on any atom is 0.328 e. The molecule has 154 valence electrons. The molecule has 6 nitrogen and oxygen atoms in total. The molecule has 0 bridgehead atoms. The van der Waals surface area contributed by atoms with Crippen LogP contribution in [0.15, 0.2) is 28.8 Å². The van der Waals surface area contributed by atoms with Gasteiger partial charge < -0.3 is 14.2 Å². The summed E-state index contributed by atoms with van der Waals surface area (Å²) in [4.78, 5) is 27.6. The number of ether oxygens (including phenoxy) is 1. The van der Waals surface area contributed by atoms with E-state index in [9.17, 15) is 9.59 Å². The lowest BCUT2D eigenvalue weighted by molar-refractivity contribution is -0.146. The highest BCUT2D eigenvalue weighted by molar-refractivity contribution is 5.97. The molecule has 0 radical (unpaired) electrons. The minimum atomic E-state index is -0.656. The number of aryl methyl sites for hydroxylation is 1. The summed E-state index contributed by atoms with van der Waals surface area (Å²) in [6, 6.07) is 7.24. The van der Waals surface area contributed by atoms with E-state index in [1.54, 1.807) is 4.90 Å². The summed E-state index contributed by atoms with van der Waals surface area (Å²) >= 11 is 0. The minimum Gasteiger partial charge on any atom is -0.467 e. The summed E-state index contributed by atoms with van der Waals surface area (Å²) in [7, 11) is 1.36. The van der Waals surface area contributed by atoms with Crippen molar-refractivity contribution in [1.82, 2.24) is 10.1 Å². The summed E-state index contributed by atoms with van der Waals surface area (Å²) < 4.78 is 10.5. The number of hydrogen-bond donors (Lipinski definition) is 0. The first-order chi connectivity index (χ1) is 13.8. The van der Waals surface area contributed by atoms with Crippen LogP contribution in [0.25, 0.3) is 0 Å². The fourth-order valence-corrected chi connectivity index (χ4v) is 4.53. The van der Waals surface area contributed by atoms with Crippen molar-refractivity contribution in [3.05, 3.63) is 52.4 Å². The van der Waals surface area contributed by atoms with E-state index in [0.717, 1.165) is 41.7 Å². The van der Waals surface area contributed by atoms with Gasteiger partial charge in [0.25, 0.3) is 5.91 Å². The lowest BCUT2D eigenvalue weighted by Gasteiger charge is -2.35. The van der Waals surface area contributed by atoms with Gasteiger partial charge in [0.15, 0.2) is 5.69 Å². The first-order valence-corrected chi connectivity index (χ1v) is 10.2. The van der Waals surface area contributed by atoms with Gasteiger partial charge in [0, 0.05) is 24.9 Å². The molecule has 2 aromatic rings. The molecule has 0 N–H and O–H groups in total. The van der Waals surface area contributed by atoms with E-state index in [1.165, 1.54) is 7.11 Å². The van der Waals surface area contributed by atoms with Crippen LogP contribution in [0, 0.1) is 11.3 Å². The summed E-state index contributed by atoms with van der Waals surface area (Å²) in [5.41, 5.74) is 3.52. The molecule has 4 rings (SSSR count). The van der Waals surface area contributed by atoms with Crippen LogP contribution < -0.4 is 0 Å². The van der Waals surface area contributed by atoms with Crippen molar-refractivity contribution in [3.8, 4) is 0 Å². The third kappa shape index (κ3) is 3.56. The molecule has 0 saturated carbocycles. The summed E-state index contributed by atoms with van der Waals surface area (Å²) in [5.74, 6) is 0.604. The van der Waals surface area contributed by atoms with Gasteiger partial charge in [0.2, 0.25) is 0 Å². The molecule has 0 unspecified atom stereocenters. The molecule has 0 fully saturated rings. The Kier molecular flexibility index (Phi) is 4.97. The molecular formula is C23H28N2O4. The number of esters is 1. The molecule has 29 heavy (non-hydrogen) atoms. The second-order valence-electron chi connectivity index (χ2n) is 9.18. The Balaban J connectivity index is 1.67. The average Bonchev–Trinajstić information content (AvgIpc) is 3.14. The van der Waals surface area contributed by atoms with Crippen molar-refractivity contribution < 1.29 is 18.8 Å². The highest BCUT2D eigenvalue weighted by Gasteiger charge is 2.40. The monoisotopic (exact) mass is 396 g/mol. The van der Waals surface area contributed by atoms with Gasteiger partial charge in [-0.25, -0.2) is 4.79 Å². The van der Waals surface area contributed by atoms with E-state index < -0.39 is 12.0 Å². The molecular weight excluding hydrogens is 368 g/mol. The number of amides is 1. The number of fused-ring (bicyclic) bond motifs is 2. The van der Waals surface area contributed by atoms with Crippen molar-refractivity contribution in [2.75, 3.05) is 7.11 Å². The standard InChI is InChI=1S/C23H28N2O4/c1-23(2,3)16-9-10-19-17(12-16)20(24-29-19)21(26)25-13-15-8-6-5-7-14(15)11-18(25)22(27)28-4/h5-8,16,18H,9-13H2,1-4H3/t16-,18+/m1/s1. The average molecular weight is 396 g/mol. The van der Waals surface area contributed by atoms with Gasteiger partial charge in [-0.15, -0.1) is 0 Å². The maximum atomic E-state index is 13.5. The molecule has 2 atom stereocenters. The Bertz CT molecular complexity index is 941. The lowest BCUT2D eigenvalue weighted by atomic mass is 9.71. The van der Waals surface area contributed by atoms with Gasteiger partial charge in [-0.1, -0.05) is 50.2 Å². The molecule has 2 aliphatic rings. The van der Waals surface area contributed by atoms with Crippen molar-refractivity contribution in [2.45, 2.75) is 59.0 Å². The van der Waals surface area contributed by atoms with Gasteiger partial charge in [-0.3, -0.25) is 4.79 Å². The fourth-order valence-electron chi connectivity index (χ4n) is 4.53. The molecule has 1 amide bonds. The first-order valence-electron chi connectivity index (χ1n) is 10.2. The van der Waals surface area contributed by atoms with Crippen molar-refractivity contribution >= 4 is 11.9 Å². The number of rotatable bonds is 2. The molecule has 1 aromatic carbocycles. The number of nitrogens with zero attached hydrogens (tertiary/aromatic N) is 2. The van der Waals surface area contributed by atoms with E-state index in [4.69, 9.17) is 9.26 Å². The number of methoxy groups -OCH3 is 1. The molecule has 1 aliphatic heterocycles. The van der Waals surface area contributed by atoms with E-state index in [2.05, 4.69) is 25.9 Å². The first kappa shape index (κ1) is 19.7. The van der Waals surface area contributed by atoms with Gasteiger partial charge in [0.05, 0.1) is 7.11 Å². The Labute approximate surface area is 171 Å². The second-order valence-corrected chi connectivity index (χ2v) is 9.18. The molecule has 0 spiro atoms. The van der Waals surface area contributed by atoms with E-state index >= 15 is 0 Å². The smallest absolute Gasteiger partial charge is 0.328 e. The van der Waals surface area contributed by atoms with E-state index in [-0.39, 0.29) is 11.3 Å². The third-order valence-electron chi connectivity index (χ3n) is 6.45. The Morgan fingerprint density at radius 3 is 2.59 bits per heavy atom. The minimum absolute atomic E-state index is 0.147. The molecule has 0 saturated heterocycles. The zero-order valence-corrected chi connectivity index (χ0v) is 17.5. The predicted octanol–water partition coefficient (Wildman–Crippen LogP) is 3.57. The van der Waals surface area contributed by atoms with E-state index in [0.29, 0.717) is 24.6 Å². The number of carbonyl (C=O) groups is 2. The topological polar surface area (TPSA) is 72.6 Å². The summed E-state index contributed by atoms with van der Waals surface area (Å²) in [6.07, 6.45) is 3.04. The molecule has 1 aromatic heterocycles. The van der Waals surface area contributed by atoms with Gasteiger partial charge in [-0.05, 0) is 35.3 Å². The maximum absolute atomic E-state index is 13.5. The second kappa shape index (κ2) is 7.32. The number of hydrogen-bond acceptors (Lipinski definition) is 5. The molecule has 1 aliphatic carbocycles. The Hall–Kier alpha value is -2.63. The summed E-state index contributed by atoms with van der Waals surface area (Å²) in [6.45, 7) is 7.05. The zero-order chi connectivity index (χ0) is 20.8. The zero-order valence-electron chi connectivity index (χ0n) is 17.5. The Morgan fingerprint density at radius 2 is 1.90 bits per heavy atom. The van der Waals surface area contributed by atoms with Crippen LogP contribution in [0.4, 0.5) is 0 Å². The number of aromatic nitrogens is 1. The molecule has 2 heterocycles. The van der Waals surface area contributed by atoms with Crippen LogP contribution in [-0.2, 0) is 35.3 Å². The summed E-state index contributed by atoms with van der Waals surface area (Å²) in [5, 5.41) is 4.15. The normalized spacial score (nSPS) is 21.3. The quantitative estimate of drug-likeness (QED) is 0.726. The largest absolute Gasteiger partial charge is 0.467 e. The van der Waals surface area contributed by atoms with Gasteiger partial charge >= 0.3 is 5.97 Å². The van der Waals surface area contributed by atoms with Crippen molar-refractivity contribution in [2.24, 2.45) is 11.3 Å². The van der Waals surface area contributed by atoms with Crippen molar-refractivity contribution in [3.63, 3.8) is 0 Å². The van der Waals surface area contributed by atoms with Gasteiger partial charge in [0.1, 0.15) is 11.8 Å². The van der Waals surface area contributed by atoms with Crippen LogP contribution in [0.1, 0.15) is 60.1 Å². The van der Waals surface area contributed by atoms with Crippen LogP contribution in [0.5, 0.6) is 0 Å². The SMILES string of the molecule is COC(=O)[C@@H]1Cc2ccccc2CN1C(=O)c1noc2c1C[C@H](C(C)(C)C)CC2. The predicted molar refractivity (Wildman–Crippen MR) is 107 cm³/mol. The highest BCUT2D eigenvalue weighted by Crippen LogP contribution is 2.39. The van der Waals surface area contributed by atoms with Crippen LogP contribution >= 0.6 is 0 Å². The Morgan fingerprint density at radius 1 is 1.17 bits per heavy atom. The van der Waals surface area contributed by atoms with Crippen LogP contribution in [-0.4, -0.2) is 35.1 Å². The lowest BCUT2D eigenvalue weighted by Crippen LogP contribution is -2.49. The highest BCUT2D eigenvalue weighted by atomic mass is 16.5. The number of carbonyl (C=O) groups excluding carboxylic acids is 2. The fraction of sp³-hybridized carbons (Fsp3) is 0.522.